The fourth-order valence-electron chi connectivity index (χ4n) is 3.74. The van der Waals surface area contributed by atoms with Crippen LogP contribution in [0.2, 0.25) is 0 Å². The van der Waals surface area contributed by atoms with E-state index in [9.17, 15) is 14.4 Å². The van der Waals surface area contributed by atoms with E-state index in [1.807, 2.05) is 54.6 Å². The second-order valence-electron chi connectivity index (χ2n) is 6.78. The Hall–Kier alpha value is -3.01. The van der Waals surface area contributed by atoms with Crippen LogP contribution in [0, 0.1) is 11.8 Å². The number of allylic oxidation sites excluding steroid dienone is 2. The molecule has 1 aliphatic heterocycles. The van der Waals surface area contributed by atoms with Crippen LogP contribution < -0.4 is 0 Å². The number of likely N-dealkylation sites (tertiary alicyclic amines) is 1. The van der Waals surface area contributed by atoms with Gasteiger partial charge in [0, 0.05) is 5.56 Å². The lowest BCUT2D eigenvalue weighted by Crippen LogP contribution is -2.36. The molecule has 130 valence electrons. The van der Waals surface area contributed by atoms with Crippen molar-refractivity contribution in [1.29, 1.82) is 0 Å². The smallest absolute Gasteiger partial charge is 0.233 e. The molecule has 1 saturated heterocycles. The molecule has 26 heavy (non-hydrogen) atoms. The topological polar surface area (TPSA) is 54.5 Å². The van der Waals surface area contributed by atoms with Gasteiger partial charge in [-0.05, 0) is 24.0 Å². The lowest BCUT2D eigenvalue weighted by atomic mass is 9.85. The van der Waals surface area contributed by atoms with E-state index in [0.29, 0.717) is 18.4 Å². The molecule has 0 radical (unpaired) electrons. The van der Waals surface area contributed by atoms with Crippen LogP contribution in [0.1, 0.15) is 23.2 Å². The number of nitrogens with zero attached hydrogens (tertiary/aromatic N) is 1. The fourth-order valence-corrected chi connectivity index (χ4v) is 3.74. The van der Waals surface area contributed by atoms with Crippen LogP contribution in [0.25, 0.3) is 11.1 Å². The van der Waals surface area contributed by atoms with Gasteiger partial charge in [0.25, 0.3) is 0 Å². The summed E-state index contributed by atoms with van der Waals surface area (Å²) in [5, 5.41) is 0. The van der Waals surface area contributed by atoms with Gasteiger partial charge in [-0.25, -0.2) is 0 Å². The summed E-state index contributed by atoms with van der Waals surface area (Å²) in [6, 6.07) is 17.2. The Kier molecular flexibility index (Phi) is 4.25. The van der Waals surface area contributed by atoms with Gasteiger partial charge in [-0.1, -0.05) is 66.7 Å². The molecule has 1 fully saturated rings. The van der Waals surface area contributed by atoms with Crippen LogP contribution in [0.15, 0.2) is 66.7 Å². The van der Waals surface area contributed by atoms with Gasteiger partial charge < -0.3 is 0 Å². The van der Waals surface area contributed by atoms with Crippen molar-refractivity contribution in [2.24, 2.45) is 11.8 Å². The highest BCUT2D eigenvalue weighted by Crippen LogP contribution is 2.35. The highest BCUT2D eigenvalue weighted by molar-refractivity contribution is 6.10. The molecule has 0 N–H and O–H groups in total. The minimum atomic E-state index is -0.291. The molecule has 0 bridgehead atoms. The highest BCUT2D eigenvalue weighted by atomic mass is 16.2. The van der Waals surface area contributed by atoms with E-state index < -0.39 is 0 Å². The van der Waals surface area contributed by atoms with Crippen LogP contribution >= 0.6 is 0 Å². The highest BCUT2D eigenvalue weighted by Gasteiger charge is 2.47. The second-order valence-corrected chi connectivity index (χ2v) is 6.78. The van der Waals surface area contributed by atoms with E-state index in [0.717, 1.165) is 16.0 Å². The Balaban J connectivity index is 1.48. The molecule has 2 aliphatic rings. The predicted octanol–water partition coefficient (Wildman–Crippen LogP) is 3.49. The molecule has 0 unspecified atom stereocenters. The monoisotopic (exact) mass is 345 g/mol. The molecule has 4 rings (SSSR count). The van der Waals surface area contributed by atoms with Crippen molar-refractivity contribution in [3.05, 3.63) is 72.3 Å². The lowest BCUT2D eigenvalue weighted by Gasteiger charge is -2.14. The minimum Gasteiger partial charge on any atom is -0.292 e. The van der Waals surface area contributed by atoms with Crippen molar-refractivity contribution in [3.8, 4) is 11.1 Å². The van der Waals surface area contributed by atoms with E-state index in [4.69, 9.17) is 0 Å². The summed E-state index contributed by atoms with van der Waals surface area (Å²) in [5.41, 5.74) is 2.61. The molecular formula is C22H19NO3. The van der Waals surface area contributed by atoms with E-state index in [-0.39, 0.29) is 36.0 Å². The molecule has 2 atom stereocenters. The van der Waals surface area contributed by atoms with Crippen LogP contribution in [0.5, 0.6) is 0 Å². The molecule has 0 saturated carbocycles. The zero-order valence-corrected chi connectivity index (χ0v) is 14.3. The van der Waals surface area contributed by atoms with Crippen molar-refractivity contribution in [2.45, 2.75) is 12.8 Å². The number of fused-ring (bicyclic) bond motifs is 1. The van der Waals surface area contributed by atoms with Gasteiger partial charge in [-0.3, -0.25) is 19.3 Å². The number of carbonyl (C=O) groups is 3. The number of hydrogen-bond acceptors (Lipinski definition) is 3. The van der Waals surface area contributed by atoms with Crippen molar-refractivity contribution in [2.75, 3.05) is 6.54 Å². The fraction of sp³-hybridized carbons (Fsp3) is 0.227. The van der Waals surface area contributed by atoms with Crippen molar-refractivity contribution in [1.82, 2.24) is 4.90 Å². The number of ketones is 1. The van der Waals surface area contributed by atoms with Crippen LogP contribution in [0.3, 0.4) is 0 Å². The molecule has 4 heteroatoms. The van der Waals surface area contributed by atoms with E-state index in [2.05, 4.69) is 0 Å². The van der Waals surface area contributed by atoms with Gasteiger partial charge in [0.05, 0.1) is 18.4 Å². The second kappa shape index (κ2) is 6.71. The average Bonchev–Trinajstić information content (AvgIpc) is 2.94. The average molecular weight is 345 g/mol. The first-order valence-electron chi connectivity index (χ1n) is 8.84. The molecule has 4 nitrogen and oxygen atoms in total. The third-order valence-electron chi connectivity index (χ3n) is 5.21. The maximum absolute atomic E-state index is 12.6. The van der Waals surface area contributed by atoms with Gasteiger partial charge in [0.15, 0.2) is 5.78 Å². The summed E-state index contributed by atoms with van der Waals surface area (Å²) in [4.78, 5) is 38.7. The zero-order chi connectivity index (χ0) is 18.1. The lowest BCUT2D eigenvalue weighted by molar-refractivity contribution is -0.139. The van der Waals surface area contributed by atoms with Crippen LogP contribution in [-0.4, -0.2) is 29.0 Å². The number of carbonyl (C=O) groups excluding carboxylic acids is 3. The molecular weight excluding hydrogens is 326 g/mol. The minimum absolute atomic E-state index is 0.171. The SMILES string of the molecule is O=C(CN1C(=O)[C@H]2CC=CC[C@H]2C1=O)c1ccc(-c2ccccc2)cc1. The quantitative estimate of drug-likeness (QED) is 0.484. The van der Waals surface area contributed by atoms with Crippen LogP contribution in [-0.2, 0) is 9.59 Å². The summed E-state index contributed by atoms with van der Waals surface area (Å²) in [5.74, 6) is -1.21. The number of rotatable bonds is 4. The predicted molar refractivity (Wildman–Crippen MR) is 98.3 cm³/mol. The molecule has 0 spiro atoms. The molecule has 2 aromatic rings. The molecule has 1 heterocycles. The maximum Gasteiger partial charge on any atom is 0.233 e. The van der Waals surface area contributed by atoms with Crippen molar-refractivity contribution >= 4 is 17.6 Å². The largest absolute Gasteiger partial charge is 0.292 e. The number of Topliss-reactive ketones (excluding diaryl/α,β-unsaturated/α-hetero) is 1. The van der Waals surface area contributed by atoms with Gasteiger partial charge in [-0.15, -0.1) is 0 Å². The molecule has 2 amide bonds. The normalized spacial score (nSPS) is 21.8. The Labute approximate surface area is 152 Å². The van der Waals surface area contributed by atoms with Gasteiger partial charge in [0.2, 0.25) is 11.8 Å². The number of hydrogen-bond donors (Lipinski definition) is 0. The maximum atomic E-state index is 12.6. The Morgan fingerprint density at radius 1 is 0.808 bits per heavy atom. The summed E-state index contributed by atoms with van der Waals surface area (Å²) in [6.45, 7) is -0.171. The van der Waals surface area contributed by atoms with E-state index >= 15 is 0 Å². The van der Waals surface area contributed by atoms with Crippen molar-refractivity contribution in [3.63, 3.8) is 0 Å². The number of imide groups is 1. The first kappa shape index (κ1) is 16.5. The zero-order valence-electron chi connectivity index (χ0n) is 14.3. The molecule has 0 aromatic heterocycles. The molecule has 2 aromatic carbocycles. The van der Waals surface area contributed by atoms with E-state index in [1.54, 1.807) is 12.1 Å². The Morgan fingerprint density at radius 3 is 1.92 bits per heavy atom. The van der Waals surface area contributed by atoms with Gasteiger partial charge in [0.1, 0.15) is 0 Å². The molecule has 1 aliphatic carbocycles. The first-order valence-corrected chi connectivity index (χ1v) is 8.84. The van der Waals surface area contributed by atoms with Crippen LogP contribution in [0.4, 0.5) is 0 Å². The third kappa shape index (κ3) is 2.88. The summed E-state index contributed by atoms with van der Waals surface area (Å²) >= 11 is 0. The summed E-state index contributed by atoms with van der Waals surface area (Å²) in [6.07, 6.45) is 5.07. The third-order valence-corrected chi connectivity index (χ3v) is 5.21. The van der Waals surface area contributed by atoms with Gasteiger partial charge in [-0.2, -0.15) is 0 Å². The first-order chi connectivity index (χ1) is 12.6. The summed E-state index contributed by atoms with van der Waals surface area (Å²) in [7, 11) is 0. The Bertz CT molecular complexity index is 857. The van der Waals surface area contributed by atoms with Crippen molar-refractivity contribution < 1.29 is 14.4 Å². The van der Waals surface area contributed by atoms with E-state index in [1.165, 1.54) is 0 Å². The Morgan fingerprint density at radius 2 is 1.35 bits per heavy atom. The number of amides is 2. The number of benzene rings is 2. The van der Waals surface area contributed by atoms with Gasteiger partial charge >= 0.3 is 0 Å². The standard InChI is InChI=1S/C22H19NO3/c24-20(14-23-21(25)18-8-4-5-9-19(18)22(23)26)17-12-10-16(11-13-17)15-6-2-1-3-7-15/h1-7,10-13,18-19H,8-9,14H2/t18-,19+. The summed E-state index contributed by atoms with van der Waals surface area (Å²) < 4.78 is 0.